The first-order valence-corrected chi connectivity index (χ1v) is 11.2. The molecule has 2 atom stereocenters. The lowest BCUT2D eigenvalue weighted by atomic mass is 9.96. The predicted octanol–water partition coefficient (Wildman–Crippen LogP) is 5.07. The Labute approximate surface area is 198 Å². The van der Waals surface area contributed by atoms with Crippen molar-refractivity contribution in [3.05, 3.63) is 102 Å². The molecule has 166 valence electrons. The number of methoxy groups -OCH3 is 1. The van der Waals surface area contributed by atoms with Gasteiger partial charge in [0.05, 0.1) is 24.9 Å². The summed E-state index contributed by atoms with van der Waals surface area (Å²) in [5.74, 6) is 1.68. The highest BCUT2D eigenvalue weighted by Crippen LogP contribution is 2.44. The largest absolute Gasteiger partial charge is 0.497 e. The molecule has 7 heteroatoms. The number of aryl methyl sites for hydroxylation is 1. The van der Waals surface area contributed by atoms with Gasteiger partial charge in [0, 0.05) is 35.5 Å². The first-order valence-electron chi connectivity index (χ1n) is 10.8. The van der Waals surface area contributed by atoms with Crippen LogP contribution in [-0.2, 0) is 0 Å². The van der Waals surface area contributed by atoms with Gasteiger partial charge in [0.15, 0.2) is 5.11 Å². The van der Waals surface area contributed by atoms with Gasteiger partial charge >= 0.3 is 0 Å². The van der Waals surface area contributed by atoms with E-state index in [1.807, 2.05) is 67.0 Å². The SMILES string of the molecule is COc1cccc(N2C(=S)N[C@@H](c3ccccn3)[C@@H]2c2cc(C)n(-c3ccccn3)c2C)c1. The minimum atomic E-state index is -0.109. The van der Waals surface area contributed by atoms with E-state index in [1.165, 1.54) is 5.56 Å². The van der Waals surface area contributed by atoms with E-state index in [-0.39, 0.29) is 12.1 Å². The van der Waals surface area contributed by atoms with Crippen LogP contribution < -0.4 is 15.0 Å². The highest BCUT2D eigenvalue weighted by molar-refractivity contribution is 7.80. The van der Waals surface area contributed by atoms with Crippen LogP contribution in [0.4, 0.5) is 5.69 Å². The number of nitrogens with zero attached hydrogens (tertiary/aromatic N) is 4. The zero-order chi connectivity index (χ0) is 22.9. The summed E-state index contributed by atoms with van der Waals surface area (Å²) >= 11 is 5.86. The van der Waals surface area contributed by atoms with Gasteiger partial charge in [-0.15, -0.1) is 0 Å². The summed E-state index contributed by atoms with van der Waals surface area (Å²) in [6.07, 6.45) is 3.64. The summed E-state index contributed by atoms with van der Waals surface area (Å²) in [7, 11) is 1.67. The number of nitrogens with one attached hydrogen (secondary N) is 1. The fourth-order valence-corrected chi connectivity index (χ4v) is 4.98. The van der Waals surface area contributed by atoms with Gasteiger partial charge in [0.2, 0.25) is 0 Å². The first kappa shape index (κ1) is 21.2. The fourth-order valence-electron chi connectivity index (χ4n) is 4.63. The molecule has 0 unspecified atom stereocenters. The van der Waals surface area contributed by atoms with Crippen molar-refractivity contribution in [2.75, 3.05) is 12.0 Å². The van der Waals surface area contributed by atoms with Gasteiger partial charge in [0.1, 0.15) is 11.6 Å². The summed E-state index contributed by atoms with van der Waals surface area (Å²) in [6.45, 7) is 4.25. The maximum atomic E-state index is 5.86. The Morgan fingerprint density at radius 2 is 1.73 bits per heavy atom. The van der Waals surface area contributed by atoms with Crippen LogP contribution in [0.5, 0.6) is 5.75 Å². The standard InChI is InChI=1S/C26H25N5OS/c1-17-15-21(18(2)30(17)23-12-5-7-14-28-23)25-24(22-11-4-6-13-27-22)29-26(33)31(25)19-9-8-10-20(16-19)32-3/h4-16,24-25H,1-3H3,(H,29,33)/t24-,25-/m0/s1. The van der Waals surface area contributed by atoms with E-state index in [1.54, 1.807) is 7.11 Å². The molecule has 1 N–H and O–H groups in total. The van der Waals surface area contributed by atoms with Crippen molar-refractivity contribution in [3.63, 3.8) is 0 Å². The lowest BCUT2D eigenvalue weighted by Crippen LogP contribution is -2.29. The highest BCUT2D eigenvalue weighted by Gasteiger charge is 2.42. The first-order chi connectivity index (χ1) is 16.1. The second-order valence-corrected chi connectivity index (χ2v) is 8.43. The minimum absolute atomic E-state index is 0.0943. The average molecular weight is 456 g/mol. The number of hydrogen-bond acceptors (Lipinski definition) is 4. The number of pyridine rings is 2. The van der Waals surface area contributed by atoms with Gasteiger partial charge in [-0.1, -0.05) is 18.2 Å². The Kier molecular flexibility index (Phi) is 5.56. The van der Waals surface area contributed by atoms with Crippen molar-refractivity contribution in [2.45, 2.75) is 25.9 Å². The molecule has 1 aliphatic rings. The molecule has 0 radical (unpaired) electrons. The fraction of sp³-hybridized carbons (Fsp3) is 0.192. The van der Waals surface area contributed by atoms with Gasteiger partial charge < -0.3 is 19.5 Å². The lowest BCUT2D eigenvalue weighted by Gasteiger charge is -2.28. The summed E-state index contributed by atoms with van der Waals surface area (Å²) < 4.78 is 7.68. The zero-order valence-corrected chi connectivity index (χ0v) is 19.6. The van der Waals surface area contributed by atoms with E-state index in [4.69, 9.17) is 17.0 Å². The topological polar surface area (TPSA) is 55.2 Å². The van der Waals surface area contributed by atoms with Crippen LogP contribution in [0.2, 0.25) is 0 Å². The Morgan fingerprint density at radius 1 is 0.939 bits per heavy atom. The summed E-state index contributed by atoms with van der Waals surface area (Å²) in [6, 6.07) is 22.0. The number of aromatic nitrogens is 3. The molecular formula is C26H25N5OS. The Bertz CT molecular complexity index is 1290. The van der Waals surface area contributed by atoms with Crippen molar-refractivity contribution in [1.29, 1.82) is 0 Å². The molecule has 6 nitrogen and oxygen atoms in total. The third kappa shape index (κ3) is 3.74. The molecular weight excluding hydrogens is 430 g/mol. The molecule has 33 heavy (non-hydrogen) atoms. The Balaban J connectivity index is 1.68. The molecule has 5 rings (SSSR count). The average Bonchev–Trinajstić information content (AvgIpc) is 3.35. The number of thiocarbonyl (C=S) groups is 1. The lowest BCUT2D eigenvalue weighted by molar-refractivity contribution is 0.415. The predicted molar refractivity (Wildman–Crippen MR) is 134 cm³/mol. The number of hydrogen-bond donors (Lipinski definition) is 1. The van der Waals surface area contributed by atoms with Crippen LogP contribution in [-0.4, -0.2) is 26.8 Å². The molecule has 0 aliphatic carbocycles. The maximum absolute atomic E-state index is 5.86. The van der Waals surface area contributed by atoms with E-state index >= 15 is 0 Å². The molecule has 1 fully saturated rings. The zero-order valence-electron chi connectivity index (χ0n) is 18.8. The van der Waals surface area contributed by atoms with Gasteiger partial charge in [-0.05, 0) is 74.1 Å². The molecule has 1 saturated heterocycles. The second-order valence-electron chi connectivity index (χ2n) is 8.05. The van der Waals surface area contributed by atoms with E-state index in [0.29, 0.717) is 5.11 Å². The van der Waals surface area contributed by atoms with E-state index in [9.17, 15) is 0 Å². The number of ether oxygens (including phenoxy) is 1. The summed E-state index contributed by atoms with van der Waals surface area (Å²) in [5, 5.41) is 4.19. The van der Waals surface area contributed by atoms with Crippen LogP contribution in [0.3, 0.4) is 0 Å². The van der Waals surface area contributed by atoms with E-state index in [2.05, 4.69) is 50.7 Å². The van der Waals surface area contributed by atoms with Crippen molar-refractivity contribution in [3.8, 4) is 11.6 Å². The maximum Gasteiger partial charge on any atom is 0.174 e. The molecule has 1 aromatic carbocycles. The second kappa shape index (κ2) is 8.67. The molecule has 0 spiro atoms. The molecule has 3 aromatic heterocycles. The highest BCUT2D eigenvalue weighted by atomic mass is 32.1. The molecule has 4 heterocycles. The van der Waals surface area contributed by atoms with E-state index in [0.717, 1.165) is 34.3 Å². The smallest absolute Gasteiger partial charge is 0.174 e. The third-order valence-electron chi connectivity index (χ3n) is 6.10. The van der Waals surface area contributed by atoms with Gasteiger partial charge in [0.25, 0.3) is 0 Å². The van der Waals surface area contributed by atoms with Crippen LogP contribution in [0, 0.1) is 13.8 Å². The van der Waals surface area contributed by atoms with Crippen molar-refractivity contribution in [2.24, 2.45) is 0 Å². The number of rotatable bonds is 5. The van der Waals surface area contributed by atoms with Crippen LogP contribution in [0.15, 0.2) is 79.1 Å². The van der Waals surface area contributed by atoms with Gasteiger partial charge in [-0.3, -0.25) is 4.98 Å². The third-order valence-corrected chi connectivity index (χ3v) is 6.41. The quantitative estimate of drug-likeness (QED) is 0.424. The molecule has 0 bridgehead atoms. The molecule has 4 aromatic rings. The van der Waals surface area contributed by atoms with Crippen LogP contribution in [0.1, 0.15) is 34.7 Å². The monoisotopic (exact) mass is 455 g/mol. The van der Waals surface area contributed by atoms with Gasteiger partial charge in [-0.25, -0.2) is 4.98 Å². The summed E-state index contributed by atoms with van der Waals surface area (Å²) in [5.41, 5.74) is 5.32. The molecule has 1 aliphatic heterocycles. The number of benzene rings is 1. The minimum Gasteiger partial charge on any atom is -0.497 e. The van der Waals surface area contributed by atoms with E-state index < -0.39 is 0 Å². The van der Waals surface area contributed by atoms with Crippen LogP contribution >= 0.6 is 12.2 Å². The normalized spacial score (nSPS) is 17.8. The van der Waals surface area contributed by atoms with Crippen molar-refractivity contribution in [1.82, 2.24) is 19.9 Å². The Morgan fingerprint density at radius 3 is 2.42 bits per heavy atom. The molecule has 0 saturated carbocycles. The Hall–Kier alpha value is -3.71. The van der Waals surface area contributed by atoms with Crippen LogP contribution in [0.25, 0.3) is 5.82 Å². The van der Waals surface area contributed by atoms with Crippen molar-refractivity contribution >= 4 is 23.0 Å². The summed E-state index contributed by atoms with van der Waals surface area (Å²) in [4.78, 5) is 11.4. The molecule has 0 amide bonds. The van der Waals surface area contributed by atoms with Crippen molar-refractivity contribution < 1.29 is 4.74 Å². The van der Waals surface area contributed by atoms with Gasteiger partial charge in [-0.2, -0.15) is 0 Å². The number of anilines is 1.